The lowest BCUT2D eigenvalue weighted by Gasteiger charge is -2.03. The minimum atomic E-state index is 0.361. The van der Waals surface area contributed by atoms with Crippen LogP contribution in [0.1, 0.15) is 5.56 Å². The molecular formula is C13H10N6S. The Hall–Kier alpha value is -2.46. The van der Waals surface area contributed by atoms with Crippen LogP contribution < -0.4 is 0 Å². The van der Waals surface area contributed by atoms with Gasteiger partial charge in [0.25, 0.3) is 0 Å². The van der Waals surface area contributed by atoms with Gasteiger partial charge in [-0.2, -0.15) is 10.4 Å². The Labute approximate surface area is 119 Å². The summed E-state index contributed by atoms with van der Waals surface area (Å²) in [4.78, 5) is 12.6. The van der Waals surface area contributed by atoms with Gasteiger partial charge in [0, 0.05) is 12.4 Å². The van der Waals surface area contributed by atoms with Crippen molar-refractivity contribution in [2.24, 2.45) is 0 Å². The molecule has 0 aliphatic rings. The van der Waals surface area contributed by atoms with Gasteiger partial charge in [-0.3, -0.25) is 4.98 Å². The zero-order valence-corrected chi connectivity index (χ0v) is 11.3. The van der Waals surface area contributed by atoms with E-state index in [-0.39, 0.29) is 0 Å². The number of fused-ring (bicyclic) bond motifs is 1. The Morgan fingerprint density at radius 1 is 1.30 bits per heavy atom. The van der Waals surface area contributed by atoms with Crippen molar-refractivity contribution < 1.29 is 0 Å². The number of hydrogen-bond acceptors (Lipinski definition) is 6. The van der Waals surface area contributed by atoms with Crippen molar-refractivity contribution in [1.29, 1.82) is 5.26 Å². The number of thioether (sulfide) groups is 1. The normalized spacial score (nSPS) is 10.6. The van der Waals surface area contributed by atoms with Gasteiger partial charge >= 0.3 is 0 Å². The smallest absolute Gasteiger partial charge is 0.162 e. The molecule has 0 aliphatic heterocycles. The third-order valence-electron chi connectivity index (χ3n) is 2.73. The third kappa shape index (κ3) is 2.46. The Bertz CT molecular complexity index is 761. The molecule has 0 saturated carbocycles. The predicted molar refractivity (Wildman–Crippen MR) is 75.0 cm³/mol. The van der Waals surface area contributed by atoms with Crippen molar-refractivity contribution in [2.45, 2.75) is 11.6 Å². The zero-order chi connectivity index (χ0) is 13.8. The van der Waals surface area contributed by atoms with E-state index in [4.69, 9.17) is 5.26 Å². The summed E-state index contributed by atoms with van der Waals surface area (Å²) in [5.41, 5.74) is 1.83. The molecule has 3 aromatic heterocycles. The number of nitriles is 1. The van der Waals surface area contributed by atoms with Gasteiger partial charge in [-0.15, -0.1) is 0 Å². The van der Waals surface area contributed by atoms with Gasteiger partial charge in [0.2, 0.25) is 0 Å². The average Bonchev–Trinajstić information content (AvgIpc) is 2.90. The zero-order valence-electron chi connectivity index (χ0n) is 10.5. The largest absolute Gasteiger partial charge is 0.264 e. The summed E-state index contributed by atoms with van der Waals surface area (Å²) < 4.78 is 1.81. The molecule has 0 atom stereocenters. The molecule has 0 radical (unpaired) electrons. The van der Waals surface area contributed by atoms with Crippen molar-refractivity contribution in [3.8, 4) is 6.07 Å². The van der Waals surface area contributed by atoms with Gasteiger partial charge in [0.1, 0.15) is 11.4 Å². The number of aromatic nitrogens is 5. The first-order valence-electron chi connectivity index (χ1n) is 5.93. The summed E-state index contributed by atoms with van der Waals surface area (Å²) in [6.45, 7) is 0.608. The standard InChI is InChI=1S/C13H10N6S/c14-3-5-20-13-11-7-18-19(12(11)16-9-17-13)8-10-2-1-4-15-6-10/h1-2,4,6-7,9H,5,8H2. The number of rotatable bonds is 4. The maximum atomic E-state index is 8.66. The first-order chi connectivity index (χ1) is 9.88. The molecule has 0 N–H and O–H groups in total. The average molecular weight is 282 g/mol. The molecule has 0 saturated heterocycles. The van der Waals surface area contributed by atoms with Crippen LogP contribution in [0.4, 0.5) is 0 Å². The van der Waals surface area contributed by atoms with Gasteiger partial charge in [-0.05, 0) is 11.6 Å². The van der Waals surface area contributed by atoms with Crippen LogP contribution >= 0.6 is 11.8 Å². The SMILES string of the molecule is N#CCSc1ncnc2c1cnn2Cc1cccnc1. The summed E-state index contributed by atoms with van der Waals surface area (Å²) in [5, 5.41) is 14.7. The van der Waals surface area contributed by atoms with Gasteiger partial charge < -0.3 is 0 Å². The number of nitrogens with zero attached hydrogens (tertiary/aromatic N) is 6. The second-order valence-corrected chi connectivity index (χ2v) is 4.99. The summed E-state index contributed by atoms with van der Waals surface area (Å²) in [6, 6.07) is 5.98. The molecule has 0 amide bonds. The second kappa shape index (κ2) is 5.67. The summed E-state index contributed by atoms with van der Waals surface area (Å²) in [7, 11) is 0. The van der Waals surface area contributed by atoms with E-state index in [1.807, 2.05) is 16.8 Å². The lowest BCUT2D eigenvalue weighted by Crippen LogP contribution is -2.03. The molecule has 0 bridgehead atoms. The van der Waals surface area contributed by atoms with Gasteiger partial charge in [-0.1, -0.05) is 17.8 Å². The molecule has 0 spiro atoms. The fraction of sp³-hybridized carbons (Fsp3) is 0.154. The van der Waals surface area contributed by atoms with Crippen LogP contribution in [0.3, 0.4) is 0 Å². The van der Waals surface area contributed by atoms with Gasteiger partial charge in [0.15, 0.2) is 5.65 Å². The van der Waals surface area contributed by atoms with E-state index in [2.05, 4.69) is 26.1 Å². The summed E-state index contributed by atoms with van der Waals surface area (Å²) in [6.07, 6.45) is 6.79. The van der Waals surface area contributed by atoms with Crippen molar-refractivity contribution >= 4 is 22.8 Å². The molecule has 3 heterocycles. The maximum Gasteiger partial charge on any atom is 0.162 e. The topological polar surface area (TPSA) is 80.3 Å². The van der Waals surface area contributed by atoms with Crippen LogP contribution in [-0.2, 0) is 6.54 Å². The van der Waals surface area contributed by atoms with E-state index < -0.39 is 0 Å². The lowest BCUT2D eigenvalue weighted by atomic mass is 10.3. The molecule has 7 heteroatoms. The van der Waals surface area contributed by atoms with Crippen LogP contribution in [0.5, 0.6) is 0 Å². The highest BCUT2D eigenvalue weighted by atomic mass is 32.2. The van der Waals surface area contributed by atoms with Crippen LogP contribution in [0, 0.1) is 11.3 Å². The van der Waals surface area contributed by atoms with E-state index >= 15 is 0 Å². The van der Waals surface area contributed by atoms with E-state index in [1.165, 1.54) is 18.1 Å². The minimum absolute atomic E-state index is 0.361. The monoisotopic (exact) mass is 282 g/mol. The highest BCUT2D eigenvalue weighted by Gasteiger charge is 2.10. The summed E-state index contributed by atoms with van der Waals surface area (Å²) in [5.74, 6) is 0.361. The lowest BCUT2D eigenvalue weighted by molar-refractivity contribution is 0.701. The first-order valence-corrected chi connectivity index (χ1v) is 6.92. The van der Waals surface area contributed by atoms with Crippen LogP contribution in [0.25, 0.3) is 11.0 Å². The fourth-order valence-corrected chi connectivity index (χ4v) is 2.49. The Morgan fingerprint density at radius 2 is 2.25 bits per heavy atom. The highest BCUT2D eigenvalue weighted by molar-refractivity contribution is 7.99. The van der Waals surface area contributed by atoms with E-state index in [9.17, 15) is 0 Å². The van der Waals surface area contributed by atoms with E-state index in [0.717, 1.165) is 21.6 Å². The van der Waals surface area contributed by atoms with Crippen LogP contribution in [0.2, 0.25) is 0 Å². The Balaban J connectivity index is 1.96. The third-order valence-corrected chi connectivity index (χ3v) is 3.60. The van der Waals surface area contributed by atoms with E-state index in [0.29, 0.717) is 12.3 Å². The van der Waals surface area contributed by atoms with Crippen LogP contribution in [0.15, 0.2) is 42.1 Å². The molecule has 0 unspecified atom stereocenters. The molecule has 0 aliphatic carbocycles. The van der Waals surface area contributed by atoms with Crippen LogP contribution in [-0.4, -0.2) is 30.5 Å². The Kier molecular flexibility index (Phi) is 3.56. The number of pyridine rings is 1. The molecule has 6 nitrogen and oxygen atoms in total. The predicted octanol–water partition coefficient (Wildman–Crippen LogP) is 1.89. The molecule has 3 aromatic rings. The summed E-state index contributed by atoms with van der Waals surface area (Å²) >= 11 is 1.39. The molecule has 0 fully saturated rings. The Morgan fingerprint density at radius 3 is 3.05 bits per heavy atom. The maximum absolute atomic E-state index is 8.66. The van der Waals surface area contributed by atoms with Crippen molar-refractivity contribution in [2.75, 3.05) is 5.75 Å². The minimum Gasteiger partial charge on any atom is -0.264 e. The fourth-order valence-electron chi connectivity index (χ4n) is 1.87. The molecular weight excluding hydrogens is 272 g/mol. The van der Waals surface area contributed by atoms with Crippen molar-refractivity contribution in [3.63, 3.8) is 0 Å². The second-order valence-electron chi connectivity index (χ2n) is 4.03. The molecule has 0 aromatic carbocycles. The molecule has 98 valence electrons. The number of hydrogen-bond donors (Lipinski definition) is 0. The van der Waals surface area contributed by atoms with Gasteiger partial charge in [-0.25, -0.2) is 14.6 Å². The quantitative estimate of drug-likeness (QED) is 0.537. The molecule has 3 rings (SSSR count). The highest BCUT2D eigenvalue weighted by Crippen LogP contribution is 2.23. The van der Waals surface area contributed by atoms with Crippen molar-refractivity contribution in [1.82, 2.24) is 24.7 Å². The van der Waals surface area contributed by atoms with E-state index in [1.54, 1.807) is 18.6 Å². The van der Waals surface area contributed by atoms with Gasteiger partial charge in [0.05, 0.1) is 29.9 Å². The van der Waals surface area contributed by atoms with Crippen molar-refractivity contribution in [3.05, 3.63) is 42.6 Å². The molecule has 20 heavy (non-hydrogen) atoms. The first kappa shape index (κ1) is 12.6.